The predicted molar refractivity (Wildman–Crippen MR) is 226 cm³/mol. The van der Waals surface area contributed by atoms with Gasteiger partial charge in [0, 0.05) is 76.3 Å². The third kappa shape index (κ3) is 7.76. The van der Waals surface area contributed by atoms with Gasteiger partial charge in [0.1, 0.15) is 5.82 Å². The number of benzene rings is 3. The fourth-order valence-electron chi connectivity index (χ4n) is 6.69. The Morgan fingerprint density at radius 3 is 2.07 bits per heavy atom. The average molecular weight is 774 g/mol. The summed E-state index contributed by atoms with van der Waals surface area (Å²) in [5.74, 6) is 0.877. The molecule has 0 saturated heterocycles. The Bertz CT molecular complexity index is 3170. The van der Waals surface area contributed by atoms with Crippen molar-refractivity contribution in [2.75, 3.05) is 5.32 Å². The normalized spacial score (nSPS) is 11.9. The third-order valence-electron chi connectivity index (χ3n) is 9.61. The van der Waals surface area contributed by atoms with E-state index in [1.54, 1.807) is 27.6 Å². The molecule has 10 rings (SSSR count). The van der Waals surface area contributed by atoms with Crippen molar-refractivity contribution in [1.82, 2.24) is 44.1 Å². The van der Waals surface area contributed by atoms with Gasteiger partial charge in [0.15, 0.2) is 28.9 Å². The number of aldehydes is 1. The Labute approximate surface area is 336 Å². The molecule has 0 aliphatic carbocycles. The van der Waals surface area contributed by atoms with Crippen molar-refractivity contribution < 1.29 is 9.90 Å². The molecule has 0 saturated carbocycles. The number of aromatic hydroxyl groups is 1. The lowest BCUT2D eigenvalue weighted by Crippen LogP contribution is -2.19. The first-order chi connectivity index (χ1) is 29.1. The first kappa shape index (κ1) is 36.3. The second-order valence-electron chi connectivity index (χ2n) is 13.5. The molecule has 59 heavy (non-hydrogen) atoms. The van der Waals surface area contributed by atoms with E-state index in [-0.39, 0.29) is 5.88 Å². The summed E-state index contributed by atoms with van der Waals surface area (Å²) in [7, 11) is 0. The van der Waals surface area contributed by atoms with Crippen LogP contribution in [0.3, 0.4) is 0 Å². The lowest BCUT2D eigenvalue weighted by atomic mass is 10.1. The minimum Gasteiger partial charge on any atom is -0.494 e. The number of aromatic amines is 1. The van der Waals surface area contributed by atoms with Crippen LogP contribution in [0.5, 0.6) is 5.88 Å². The largest absolute Gasteiger partial charge is 0.494 e. The lowest BCUT2D eigenvalue weighted by Gasteiger charge is -2.11. The van der Waals surface area contributed by atoms with Gasteiger partial charge in [0.25, 0.3) is 0 Å². The number of rotatable bonds is 9. The molecule has 0 atom stereocenters. The van der Waals surface area contributed by atoms with E-state index in [9.17, 15) is 9.90 Å². The number of nitrogens with zero attached hydrogens (tertiary/aromatic N) is 9. The van der Waals surface area contributed by atoms with E-state index < -0.39 is 0 Å². The number of fused-ring (bicyclic) bond motifs is 3. The van der Waals surface area contributed by atoms with Crippen LogP contribution in [0.2, 0.25) is 0 Å². The quantitative estimate of drug-likeness (QED) is 0.133. The molecule has 0 aliphatic rings. The van der Waals surface area contributed by atoms with Gasteiger partial charge in [0.05, 0.1) is 35.9 Å². The molecule has 10 aromatic rings. The maximum Gasteiger partial charge on any atom is 0.196 e. The van der Waals surface area contributed by atoms with E-state index in [0.717, 1.165) is 61.9 Å². The van der Waals surface area contributed by atoms with Crippen LogP contribution < -0.4 is 16.0 Å². The van der Waals surface area contributed by atoms with Gasteiger partial charge in [-0.15, -0.1) is 0 Å². The van der Waals surface area contributed by atoms with Crippen LogP contribution in [0.15, 0.2) is 164 Å². The molecule has 7 aromatic heterocycles. The zero-order valence-corrected chi connectivity index (χ0v) is 31.5. The van der Waals surface area contributed by atoms with Gasteiger partial charge >= 0.3 is 0 Å². The Kier molecular flexibility index (Phi) is 10.1. The van der Waals surface area contributed by atoms with Crippen LogP contribution in [-0.4, -0.2) is 55.5 Å². The summed E-state index contributed by atoms with van der Waals surface area (Å²) >= 11 is 0. The molecular weight excluding hydrogens is 739 g/mol. The Balaban J connectivity index is 0.000000160. The molecule has 3 N–H and O–H groups in total. The zero-order valence-electron chi connectivity index (χ0n) is 31.5. The van der Waals surface area contributed by atoms with Crippen molar-refractivity contribution in [2.45, 2.75) is 13.1 Å². The summed E-state index contributed by atoms with van der Waals surface area (Å²) in [5.41, 5.74) is 9.53. The molecule has 0 fully saturated rings. The highest BCUT2D eigenvalue weighted by Crippen LogP contribution is 2.28. The SMILES string of the molecule is O=Cc1cnn2c(NCc3cccnc3)cc(-c3ccccc3)nc12.Oc1[nH]c2ccccc2c1C=c1cnn2c(=NCc3cccnc3)cc(-c3ccccc3)nc12. The highest BCUT2D eigenvalue weighted by atomic mass is 16.3. The number of H-pyrrole nitrogens is 1. The predicted octanol–water partition coefficient (Wildman–Crippen LogP) is 6.84. The second kappa shape index (κ2) is 16.4. The van der Waals surface area contributed by atoms with Crippen molar-refractivity contribution >= 4 is 40.4 Å². The smallest absolute Gasteiger partial charge is 0.196 e. The molecule has 286 valence electrons. The number of pyridine rings is 2. The molecule has 0 spiro atoms. The van der Waals surface area contributed by atoms with E-state index in [1.165, 1.54) is 6.20 Å². The monoisotopic (exact) mass is 773 g/mol. The van der Waals surface area contributed by atoms with Gasteiger partial charge in [-0.25, -0.2) is 9.97 Å². The first-order valence-electron chi connectivity index (χ1n) is 18.8. The average Bonchev–Trinajstić information content (AvgIpc) is 4.01. The summed E-state index contributed by atoms with van der Waals surface area (Å²) in [6, 6.07) is 39.3. The van der Waals surface area contributed by atoms with Gasteiger partial charge < -0.3 is 15.4 Å². The number of aromatic nitrogens is 9. The summed E-state index contributed by atoms with van der Waals surface area (Å²) in [5, 5.41) is 24.5. The number of anilines is 1. The van der Waals surface area contributed by atoms with Crippen molar-refractivity contribution in [3.8, 4) is 28.4 Å². The summed E-state index contributed by atoms with van der Waals surface area (Å²) in [4.78, 5) is 37.0. The van der Waals surface area contributed by atoms with Gasteiger partial charge in [0.2, 0.25) is 0 Å². The van der Waals surface area contributed by atoms with Crippen LogP contribution in [0.1, 0.15) is 27.0 Å². The van der Waals surface area contributed by atoms with E-state index >= 15 is 0 Å². The molecule has 0 aliphatic heterocycles. The minimum absolute atomic E-state index is 0.112. The van der Waals surface area contributed by atoms with Crippen molar-refractivity contribution in [3.63, 3.8) is 0 Å². The molecule has 0 unspecified atom stereocenters. The summed E-state index contributed by atoms with van der Waals surface area (Å²) in [6.45, 7) is 1.07. The number of hydrogen-bond donors (Lipinski definition) is 3. The lowest BCUT2D eigenvalue weighted by molar-refractivity contribution is 0.112. The van der Waals surface area contributed by atoms with E-state index in [2.05, 4.69) is 35.5 Å². The number of carbonyl (C=O) groups excluding carboxylic acids is 1. The van der Waals surface area contributed by atoms with E-state index in [1.807, 2.05) is 140 Å². The first-order valence-corrected chi connectivity index (χ1v) is 18.8. The van der Waals surface area contributed by atoms with Gasteiger partial charge in [-0.2, -0.15) is 19.2 Å². The number of carbonyl (C=O) groups is 1. The summed E-state index contributed by atoms with van der Waals surface area (Å²) < 4.78 is 3.38. The van der Waals surface area contributed by atoms with E-state index in [0.29, 0.717) is 41.0 Å². The van der Waals surface area contributed by atoms with Gasteiger partial charge in [-0.1, -0.05) is 91.0 Å². The van der Waals surface area contributed by atoms with Gasteiger partial charge in [-0.05, 0) is 35.4 Å². The molecule has 13 heteroatoms. The Hall–Kier alpha value is -8.32. The topological polar surface area (TPSA) is 164 Å². The fraction of sp³-hybridized carbons (Fsp3) is 0.0435. The molecule has 0 amide bonds. The fourth-order valence-corrected chi connectivity index (χ4v) is 6.69. The highest BCUT2D eigenvalue weighted by molar-refractivity contribution is 5.92. The van der Waals surface area contributed by atoms with Crippen LogP contribution in [0, 0.1) is 0 Å². The zero-order chi connectivity index (χ0) is 40.0. The van der Waals surface area contributed by atoms with Crippen LogP contribution >= 0.6 is 0 Å². The molecule has 0 radical (unpaired) electrons. The number of para-hydroxylation sites is 1. The Morgan fingerprint density at radius 1 is 0.695 bits per heavy atom. The second-order valence-corrected chi connectivity index (χ2v) is 13.5. The van der Waals surface area contributed by atoms with Crippen LogP contribution in [-0.2, 0) is 13.1 Å². The van der Waals surface area contributed by atoms with E-state index in [4.69, 9.17) is 9.98 Å². The maximum absolute atomic E-state index is 11.3. The Morgan fingerprint density at radius 2 is 1.36 bits per heavy atom. The molecule has 0 bridgehead atoms. The minimum atomic E-state index is 0.112. The third-order valence-corrected chi connectivity index (χ3v) is 9.61. The van der Waals surface area contributed by atoms with Crippen molar-refractivity contribution in [2.24, 2.45) is 4.99 Å². The molecule has 3 aromatic carbocycles. The van der Waals surface area contributed by atoms with Crippen molar-refractivity contribution in [3.05, 3.63) is 191 Å². The maximum atomic E-state index is 11.3. The van der Waals surface area contributed by atoms with Crippen LogP contribution in [0.25, 0.3) is 50.8 Å². The van der Waals surface area contributed by atoms with Gasteiger partial charge in [-0.3, -0.25) is 19.8 Å². The molecule has 13 nitrogen and oxygen atoms in total. The highest BCUT2D eigenvalue weighted by Gasteiger charge is 2.14. The number of hydrogen-bond acceptors (Lipinski definition) is 10. The van der Waals surface area contributed by atoms with Crippen LogP contribution in [0.4, 0.5) is 5.82 Å². The standard InChI is InChI=1S/C27H20N6O.C19H15N5O/c34-27-22(21-10-4-5-11-23(21)32-27)13-20-17-30-33-25(29-16-18-7-6-12-28-15-18)14-24(31-26(20)33)19-8-2-1-3-9-19;25-13-16-12-22-24-18(21-11-14-5-4-8-20-10-14)9-17(23-19(16)24)15-6-2-1-3-7-15/h1-15,17,32,34H,16H2;1-10,12-13,21H,11H2. The van der Waals surface area contributed by atoms with Crippen molar-refractivity contribution in [1.29, 1.82) is 0 Å². The molecule has 7 heterocycles. The molecular formula is C46H35N11O2. The summed E-state index contributed by atoms with van der Waals surface area (Å²) in [6.07, 6.45) is 13.1. The number of nitrogens with one attached hydrogen (secondary N) is 2.